The van der Waals surface area contributed by atoms with Gasteiger partial charge in [0.25, 0.3) is 0 Å². The van der Waals surface area contributed by atoms with Crippen LogP contribution in [0.1, 0.15) is 34.5 Å². The first kappa shape index (κ1) is 31.4. The number of aromatic hydroxyl groups is 8. The number of benzene rings is 4. The monoisotopic (exact) mass is 610 g/mol. The predicted octanol–water partition coefficient (Wildman–Crippen LogP) is 2.91. The third-order valence-electron chi connectivity index (χ3n) is 7.03. The number of phenols is 8. The Balaban J connectivity index is 0.000000190. The minimum absolute atomic E-state index is 0.143. The number of carbonyl (C=O) groups is 1. The summed E-state index contributed by atoms with van der Waals surface area (Å²) in [5, 5.41) is 96.6. The maximum absolute atomic E-state index is 10.2. The van der Waals surface area contributed by atoms with Gasteiger partial charge in [0.15, 0.2) is 23.0 Å². The summed E-state index contributed by atoms with van der Waals surface area (Å²) in [5.74, 6) is -1.18. The van der Waals surface area contributed by atoms with Crippen molar-refractivity contribution in [1.82, 2.24) is 0 Å². The third-order valence-corrected chi connectivity index (χ3v) is 7.03. The van der Waals surface area contributed by atoms with Crippen molar-refractivity contribution in [2.45, 2.75) is 37.3 Å². The van der Waals surface area contributed by atoms with Crippen LogP contribution in [0.2, 0.25) is 0 Å². The zero-order chi connectivity index (χ0) is 32.3. The molecule has 0 saturated heterocycles. The molecular weight excluding hydrogens is 580 g/mol. The highest BCUT2D eigenvalue weighted by Gasteiger charge is 2.33. The maximum Gasteiger partial charge on any atom is 0.157 e. The number of fused-ring (bicyclic) bond motifs is 2. The van der Waals surface area contributed by atoms with Crippen LogP contribution in [-0.2, 0) is 17.6 Å². The second kappa shape index (κ2) is 12.8. The van der Waals surface area contributed by atoms with Crippen LogP contribution < -0.4 is 9.47 Å². The van der Waals surface area contributed by atoms with Crippen molar-refractivity contribution in [3.05, 3.63) is 82.9 Å². The van der Waals surface area contributed by atoms with Gasteiger partial charge in [-0.1, -0.05) is 12.1 Å². The lowest BCUT2D eigenvalue weighted by molar-refractivity contribution is -0.0980. The minimum atomic E-state index is -0.933. The van der Waals surface area contributed by atoms with Crippen molar-refractivity contribution in [2.24, 2.45) is 0 Å². The van der Waals surface area contributed by atoms with Gasteiger partial charge >= 0.3 is 0 Å². The quantitative estimate of drug-likeness (QED) is 0.147. The predicted molar refractivity (Wildman–Crippen MR) is 152 cm³/mol. The molecule has 0 saturated carbocycles. The molecule has 13 heteroatoms. The highest BCUT2D eigenvalue weighted by atomic mass is 16.5. The van der Waals surface area contributed by atoms with Crippen LogP contribution in [0.3, 0.4) is 0 Å². The summed E-state index contributed by atoms with van der Waals surface area (Å²) in [6, 6.07) is 13.3. The van der Waals surface area contributed by atoms with E-state index < -0.39 is 24.4 Å². The average Bonchev–Trinajstić information content (AvgIpc) is 2.98. The van der Waals surface area contributed by atoms with Crippen LogP contribution in [0.5, 0.6) is 57.5 Å². The van der Waals surface area contributed by atoms with E-state index in [0.29, 0.717) is 22.3 Å². The number of rotatable bonds is 2. The minimum Gasteiger partial charge on any atom is -0.508 e. The fraction of sp³-hybridized carbons (Fsp3) is 0.194. The Kier molecular flexibility index (Phi) is 9.12. The lowest BCUT2D eigenvalue weighted by Gasteiger charge is -2.31. The molecule has 2 aliphatic rings. The second-order valence-electron chi connectivity index (χ2n) is 10.00. The molecule has 2 aliphatic heterocycles. The van der Waals surface area contributed by atoms with E-state index >= 15 is 0 Å². The van der Waals surface area contributed by atoms with Gasteiger partial charge in [-0.15, -0.1) is 0 Å². The molecule has 13 nitrogen and oxygen atoms in total. The van der Waals surface area contributed by atoms with Gasteiger partial charge in [0, 0.05) is 48.2 Å². The normalized spacial score (nSPS) is 19.8. The molecule has 0 unspecified atom stereocenters. The van der Waals surface area contributed by atoms with Gasteiger partial charge in [0.1, 0.15) is 53.5 Å². The second-order valence-corrected chi connectivity index (χ2v) is 10.00. The number of ether oxygens (including phenoxy) is 2. The first-order valence-electron chi connectivity index (χ1n) is 13.0. The summed E-state index contributed by atoms with van der Waals surface area (Å²) in [4.78, 5) is 8.00. The highest BCUT2D eigenvalue weighted by molar-refractivity contribution is 5.53. The Bertz CT molecular complexity index is 1530. The number of aliphatic hydroxyl groups is 2. The number of phenolic OH excluding ortho intramolecular Hbond substituents is 8. The average molecular weight is 611 g/mol. The first-order valence-corrected chi connectivity index (χ1v) is 13.0. The van der Waals surface area contributed by atoms with Crippen molar-refractivity contribution in [3.63, 3.8) is 0 Å². The SMILES string of the molecule is C=O.Oc1cc(O)c2c(c1)O[C@H](c1ccc(O)c(O)c1)[C@H](O)C2.Oc1cc(O)c2c(c1)O[C@H](c1ccc(O)c(O)c1)[C@H](O)C2. The molecule has 0 aliphatic carbocycles. The molecular formula is C31H30O13. The van der Waals surface area contributed by atoms with Crippen molar-refractivity contribution in [3.8, 4) is 57.5 Å². The molecule has 0 fully saturated rings. The molecule has 10 N–H and O–H groups in total. The molecule has 0 aromatic heterocycles. The van der Waals surface area contributed by atoms with Gasteiger partial charge in [-0.05, 0) is 35.4 Å². The van der Waals surface area contributed by atoms with Crippen LogP contribution >= 0.6 is 0 Å². The maximum atomic E-state index is 10.2. The summed E-state index contributed by atoms with van der Waals surface area (Å²) in [7, 11) is 0. The van der Waals surface area contributed by atoms with E-state index in [1.165, 1.54) is 60.7 Å². The summed E-state index contributed by atoms with van der Waals surface area (Å²) in [6.45, 7) is 2.00. The molecule has 0 spiro atoms. The molecule has 4 aromatic rings. The van der Waals surface area contributed by atoms with Gasteiger partial charge in [0.2, 0.25) is 0 Å². The van der Waals surface area contributed by atoms with Gasteiger partial charge < -0.3 is 65.3 Å². The first-order chi connectivity index (χ1) is 20.9. The molecule has 6 rings (SSSR count). The van der Waals surface area contributed by atoms with Gasteiger partial charge in [-0.3, -0.25) is 0 Å². The van der Waals surface area contributed by atoms with Crippen LogP contribution in [0.25, 0.3) is 0 Å². The van der Waals surface area contributed by atoms with E-state index in [0.717, 1.165) is 0 Å². The smallest absolute Gasteiger partial charge is 0.157 e. The molecule has 232 valence electrons. The van der Waals surface area contributed by atoms with E-state index in [1.807, 2.05) is 6.79 Å². The number of carbonyl (C=O) groups excluding carboxylic acids is 1. The molecule has 4 aromatic carbocycles. The summed E-state index contributed by atoms with van der Waals surface area (Å²) in [5.41, 5.74) is 1.79. The van der Waals surface area contributed by atoms with E-state index in [1.54, 1.807) is 0 Å². The van der Waals surface area contributed by atoms with Crippen molar-refractivity contribution in [2.75, 3.05) is 0 Å². The van der Waals surface area contributed by atoms with Crippen LogP contribution in [0.4, 0.5) is 0 Å². The summed E-state index contributed by atoms with van der Waals surface area (Å²) < 4.78 is 11.2. The molecule has 2 heterocycles. The fourth-order valence-corrected chi connectivity index (χ4v) is 4.93. The number of hydrogen-bond donors (Lipinski definition) is 10. The van der Waals surface area contributed by atoms with E-state index in [9.17, 15) is 51.1 Å². The largest absolute Gasteiger partial charge is 0.508 e. The zero-order valence-corrected chi connectivity index (χ0v) is 22.9. The molecule has 0 bridgehead atoms. The Morgan fingerprint density at radius 3 is 1.20 bits per heavy atom. The van der Waals surface area contributed by atoms with E-state index in [-0.39, 0.29) is 70.3 Å². The number of hydrogen-bond acceptors (Lipinski definition) is 13. The Morgan fingerprint density at radius 2 is 0.864 bits per heavy atom. The molecule has 0 amide bonds. The highest BCUT2D eigenvalue weighted by Crippen LogP contribution is 2.44. The lowest BCUT2D eigenvalue weighted by Crippen LogP contribution is -2.30. The van der Waals surface area contributed by atoms with Crippen LogP contribution in [-0.4, -0.2) is 70.1 Å². The van der Waals surface area contributed by atoms with Crippen molar-refractivity contribution in [1.29, 1.82) is 0 Å². The fourth-order valence-electron chi connectivity index (χ4n) is 4.93. The molecule has 44 heavy (non-hydrogen) atoms. The third kappa shape index (κ3) is 6.43. The van der Waals surface area contributed by atoms with Crippen molar-refractivity contribution >= 4 is 6.79 Å². The topological polar surface area (TPSA) is 238 Å². The number of aliphatic hydroxyl groups excluding tert-OH is 2. The van der Waals surface area contributed by atoms with E-state index in [4.69, 9.17) is 14.3 Å². The summed E-state index contributed by atoms with van der Waals surface area (Å²) >= 11 is 0. The van der Waals surface area contributed by atoms with Crippen molar-refractivity contribution < 1.29 is 65.3 Å². The Morgan fingerprint density at radius 1 is 0.500 bits per heavy atom. The molecule has 4 atom stereocenters. The van der Waals surface area contributed by atoms with Gasteiger partial charge in [-0.2, -0.15) is 0 Å². The van der Waals surface area contributed by atoms with Gasteiger partial charge in [0.05, 0.1) is 12.2 Å². The Hall–Kier alpha value is -5.53. The van der Waals surface area contributed by atoms with E-state index in [2.05, 4.69) is 0 Å². The Labute approximate surface area is 249 Å². The van der Waals surface area contributed by atoms with Gasteiger partial charge in [-0.25, -0.2) is 0 Å². The summed E-state index contributed by atoms with van der Waals surface area (Å²) in [6.07, 6.45) is -3.12. The lowest BCUT2D eigenvalue weighted by atomic mass is 9.94. The van der Waals surface area contributed by atoms with Crippen LogP contribution in [0.15, 0.2) is 60.7 Å². The zero-order valence-electron chi connectivity index (χ0n) is 22.9. The standard InChI is InChI=1S/2C15H14O6.CH2O/c2*16-8-4-11(18)9-6-13(20)15(21-14(9)5-8)7-1-2-10(17)12(19)3-7;1-2/h2*1-5,13,15-20H,6H2;1H2/t2*13-,15-;/m11./s1. The van der Waals surface area contributed by atoms with Crippen LogP contribution in [0, 0.1) is 0 Å². The molecule has 0 radical (unpaired) electrons.